The van der Waals surface area contributed by atoms with Crippen LogP contribution >= 0.6 is 0 Å². The van der Waals surface area contributed by atoms with Gasteiger partial charge in [-0.1, -0.05) is 54.1 Å². The number of anilines is 1. The van der Waals surface area contributed by atoms with E-state index in [1.807, 2.05) is 38.1 Å². The first-order valence-electron chi connectivity index (χ1n) is 12.5. The van der Waals surface area contributed by atoms with Crippen LogP contribution < -0.4 is 14.4 Å². The molecule has 202 valence electrons. The summed E-state index contributed by atoms with van der Waals surface area (Å²) in [6.07, 6.45) is 0. The lowest BCUT2D eigenvalue weighted by molar-refractivity contribution is -0.139. The third-order valence-electron chi connectivity index (χ3n) is 6.34. The van der Waals surface area contributed by atoms with Gasteiger partial charge in [0.1, 0.15) is 18.3 Å². The first-order chi connectivity index (χ1) is 18.1. The topological polar surface area (TPSA) is 96.0 Å². The quantitative estimate of drug-likeness (QED) is 0.398. The van der Waals surface area contributed by atoms with E-state index in [9.17, 15) is 18.0 Å². The predicted molar refractivity (Wildman–Crippen MR) is 149 cm³/mol. The average molecular weight is 538 g/mol. The molecule has 0 fully saturated rings. The zero-order valence-electron chi connectivity index (χ0n) is 22.5. The van der Waals surface area contributed by atoms with Gasteiger partial charge in [-0.2, -0.15) is 0 Å². The number of carbonyl (C=O) groups is 2. The molecule has 0 spiro atoms. The molecule has 0 saturated carbocycles. The van der Waals surface area contributed by atoms with Gasteiger partial charge in [-0.15, -0.1) is 0 Å². The van der Waals surface area contributed by atoms with Crippen molar-refractivity contribution in [2.45, 2.75) is 45.2 Å². The molecule has 1 atom stereocenters. The van der Waals surface area contributed by atoms with Gasteiger partial charge in [0.15, 0.2) is 0 Å². The minimum Gasteiger partial charge on any atom is -0.492 e. The van der Waals surface area contributed by atoms with Gasteiger partial charge < -0.3 is 15.0 Å². The number of benzene rings is 3. The van der Waals surface area contributed by atoms with E-state index in [4.69, 9.17) is 4.74 Å². The molecule has 1 N–H and O–H groups in total. The molecule has 3 rings (SSSR count). The molecule has 0 bridgehead atoms. The molecule has 0 aliphatic heterocycles. The molecule has 0 aliphatic carbocycles. The van der Waals surface area contributed by atoms with E-state index in [1.54, 1.807) is 50.2 Å². The fourth-order valence-electron chi connectivity index (χ4n) is 4.05. The molecule has 0 aliphatic rings. The van der Waals surface area contributed by atoms with Crippen LogP contribution in [0.1, 0.15) is 30.5 Å². The van der Waals surface area contributed by atoms with Crippen molar-refractivity contribution in [1.29, 1.82) is 0 Å². The lowest BCUT2D eigenvalue weighted by Gasteiger charge is -2.32. The highest BCUT2D eigenvalue weighted by Gasteiger charge is 2.33. The van der Waals surface area contributed by atoms with Gasteiger partial charge in [0.05, 0.1) is 17.2 Å². The number of carbonyl (C=O) groups excluding carboxylic acids is 2. The number of amides is 2. The maximum Gasteiger partial charge on any atom is 0.264 e. The molecule has 0 saturated heterocycles. The normalized spacial score (nSPS) is 11.9. The van der Waals surface area contributed by atoms with E-state index in [-0.39, 0.29) is 23.0 Å². The highest BCUT2D eigenvalue weighted by Crippen LogP contribution is 2.33. The number of sulfonamides is 1. The van der Waals surface area contributed by atoms with E-state index in [0.29, 0.717) is 12.4 Å². The summed E-state index contributed by atoms with van der Waals surface area (Å²) >= 11 is 0. The SMILES string of the molecule is CCOc1ccccc1N(CC(=O)N(Cc1ccccc1C)C(C)C(=O)NC)S(=O)(=O)c1ccc(C)cc1. The lowest BCUT2D eigenvalue weighted by atomic mass is 10.1. The van der Waals surface area contributed by atoms with Crippen molar-refractivity contribution >= 4 is 27.5 Å². The van der Waals surface area contributed by atoms with Crippen LogP contribution in [0.5, 0.6) is 5.75 Å². The third kappa shape index (κ3) is 6.52. The molecular formula is C29H35N3O5S. The molecule has 8 nitrogen and oxygen atoms in total. The van der Waals surface area contributed by atoms with Gasteiger partial charge in [0.2, 0.25) is 11.8 Å². The Labute approximate surface area is 225 Å². The Morgan fingerprint density at radius 1 is 0.947 bits per heavy atom. The standard InChI is InChI=1S/C29H35N3O5S/c1-6-37-27-14-10-9-13-26(27)32(38(35,36)25-17-15-21(2)16-18-25)20-28(33)31(23(4)29(34)30-5)19-24-12-8-7-11-22(24)3/h7-18,23H,6,19-20H2,1-5H3,(H,30,34). The van der Waals surface area contributed by atoms with Crippen LogP contribution in [0.2, 0.25) is 0 Å². The Balaban J connectivity index is 2.10. The summed E-state index contributed by atoms with van der Waals surface area (Å²) in [6, 6.07) is 19.9. The second-order valence-electron chi connectivity index (χ2n) is 8.96. The maximum absolute atomic E-state index is 14.0. The second kappa shape index (κ2) is 12.6. The zero-order valence-corrected chi connectivity index (χ0v) is 23.3. The van der Waals surface area contributed by atoms with Gasteiger partial charge in [-0.05, 0) is 63.1 Å². The van der Waals surface area contributed by atoms with Gasteiger partial charge in [-0.3, -0.25) is 13.9 Å². The highest BCUT2D eigenvalue weighted by atomic mass is 32.2. The monoisotopic (exact) mass is 537 g/mol. The molecule has 0 radical (unpaired) electrons. The number of nitrogens with zero attached hydrogens (tertiary/aromatic N) is 2. The van der Waals surface area contributed by atoms with Crippen molar-refractivity contribution in [3.63, 3.8) is 0 Å². The minimum atomic E-state index is -4.17. The predicted octanol–water partition coefficient (Wildman–Crippen LogP) is 4.06. The van der Waals surface area contributed by atoms with E-state index in [1.165, 1.54) is 24.1 Å². The van der Waals surface area contributed by atoms with Crippen molar-refractivity contribution in [1.82, 2.24) is 10.2 Å². The number of likely N-dealkylation sites (N-methyl/N-ethyl adjacent to an activating group) is 1. The molecule has 38 heavy (non-hydrogen) atoms. The van der Waals surface area contributed by atoms with Gasteiger partial charge in [-0.25, -0.2) is 8.42 Å². The number of aryl methyl sites for hydroxylation is 2. The molecule has 0 aromatic heterocycles. The molecule has 2 amide bonds. The second-order valence-corrected chi connectivity index (χ2v) is 10.8. The van der Waals surface area contributed by atoms with Crippen molar-refractivity contribution in [2.75, 3.05) is 24.5 Å². The molecule has 9 heteroatoms. The van der Waals surface area contributed by atoms with E-state index in [0.717, 1.165) is 21.0 Å². The van der Waals surface area contributed by atoms with Crippen LogP contribution in [0.15, 0.2) is 77.7 Å². The zero-order chi connectivity index (χ0) is 27.9. The Bertz CT molecular complexity index is 1370. The Kier molecular flexibility index (Phi) is 9.52. The molecule has 3 aromatic rings. The van der Waals surface area contributed by atoms with Crippen molar-refractivity contribution < 1.29 is 22.7 Å². The number of nitrogens with one attached hydrogen (secondary N) is 1. The van der Waals surface area contributed by atoms with Gasteiger partial charge >= 0.3 is 0 Å². The summed E-state index contributed by atoms with van der Waals surface area (Å²) in [5.41, 5.74) is 2.97. The maximum atomic E-state index is 14.0. The molecule has 0 heterocycles. The first kappa shape index (κ1) is 28.7. The van der Waals surface area contributed by atoms with Gasteiger partial charge in [0, 0.05) is 13.6 Å². The number of para-hydroxylation sites is 2. The number of hydrogen-bond acceptors (Lipinski definition) is 5. The summed E-state index contributed by atoms with van der Waals surface area (Å²) in [5, 5.41) is 2.59. The van der Waals surface area contributed by atoms with Crippen LogP contribution in [-0.4, -0.2) is 51.4 Å². The van der Waals surface area contributed by atoms with E-state index < -0.39 is 28.5 Å². The average Bonchev–Trinajstić information content (AvgIpc) is 2.91. The third-order valence-corrected chi connectivity index (χ3v) is 8.11. The Hall–Kier alpha value is -3.85. The largest absolute Gasteiger partial charge is 0.492 e. The van der Waals surface area contributed by atoms with Crippen LogP contribution in [0, 0.1) is 13.8 Å². The molecule has 1 unspecified atom stereocenters. The minimum absolute atomic E-state index is 0.0482. The number of ether oxygens (including phenoxy) is 1. The Morgan fingerprint density at radius 2 is 1.58 bits per heavy atom. The summed E-state index contributed by atoms with van der Waals surface area (Å²) < 4.78 is 34.7. The fourth-order valence-corrected chi connectivity index (χ4v) is 5.48. The molecule has 3 aromatic carbocycles. The van der Waals surface area contributed by atoms with Crippen LogP contribution in [-0.2, 0) is 26.2 Å². The van der Waals surface area contributed by atoms with Crippen LogP contribution in [0.25, 0.3) is 0 Å². The Morgan fingerprint density at radius 3 is 2.21 bits per heavy atom. The highest BCUT2D eigenvalue weighted by molar-refractivity contribution is 7.92. The van der Waals surface area contributed by atoms with Crippen LogP contribution in [0.4, 0.5) is 5.69 Å². The smallest absolute Gasteiger partial charge is 0.264 e. The summed E-state index contributed by atoms with van der Waals surface area (Å²) in [6.45, 7) is 7.16. The molecular weight excluding hydrogens is 502 g/mol. The first-order valence-corrected chi connectivity index (χ1v) is 13.9. The lowest BCUT2D eigenvalue weighted by Crippen LogP contribution is -2.50. The number of rotatable bonds is 11. The van der Waals surface area contributed by atoms with E-state index in [2.05, 4.69) is 5.32 Å². The summed E-state index contributed by atoms with van der Waals surface area (Å²) in [4.78, 5) is 28.0. The van der Waals surface area contributed by atoms with Gasteiger partial charge in [0.25, 0.3) is 10.0 Å². The van der Waals surface area contributed by atoms with Crippen molar-refractivity contribution in [2.24, 2.45) is 0 Å². The van der Waals surface area contributed by atoms with Crippen molar-refractivity contribution in [3.8, 4) is 5.75 Å². The van der Waals surface area contributed by atoms with E-state index >= 15 is 0 Å². The summed E-state index contributed by atoms with van der Waals surface area (Å²) in [7, 11) is -2.67. The number of hydrogen-bond donors (Lipinski definition) is 1. The van der Waals surface area contributed by atoms with Crippen molar-refractivity contribution in [3.05, 3.63) is 89.5 Å². The summed E-state index contributed by atoms with van der Waals surface area (Å²) in [5.74, 6) is -0.538. The van der Waals surface area contributed by atoms with Crippen LogP contribution in [0.3, 0.4) is 0 Å². The fraction of sp³-hybridized carbons (Fsp3) is 0.310.